The highest BCUT2D eigenvalue weighted by Crippen LogP contribution is 2.38. The van der Waals surface area contributed by atoms with E-state index in [4.69, 9.17) is 14.1 Å². The van der Waals surface area contributed by atoms with Gasteiger partial charge in [0.05, 0.1) is 11.9 Å². The minimum absolute atomic E-state index is 0. The molecule has 30 heavy (non-hydrogen) atoms. The lowest BCUT2D eigenvalue weighted by molar-refractivity contribution is -0.0679. The van der Waals surface area contributed by atoms with Gasteiger partial charge in [-0.05, 0) is 49.1 Å². The molecule has 2 N–H and O–H groups in total. The second kappa shape index (κ2) is 12.0. The molecular formula is C23H32IN3O2S. The summed E-state index contributed by atoms with van der Waals surface area (Å²) in [6.07, 6.45) is 6.78. The Bertz CT molecular complexity index is 764. The van der Waals surface area contributed by atoms with Crippen LogP contribution < -0.4 is 10.6 Å². The topological polar surface area (TPSA) is 58.8 Å². The summed E-state index contributed by atoms with van der Waals surface area (Å²) in [5, 5.41) is 7.23. The zero-order valence-corrected chi connectivity index (χ0v) is 20.5. The number of halogens is 1. The van der Waals surface area contributed by atoms with Crippen LogP contribution in [0.25, 0.3) is 0 Å². The molecule has 5 nitrogen and oxygen atoms in total. The van der Waals surface area contributed by atoms with Gasteiger partial charge in [0.15, 0.2) is 5.96 Å². The molecule has 1 aromatic carbocycles. The van der Waals surface area contributed by atoms with Crippen molar-refractivity contribution in [2.45, 2.75) is 43.7 Å². The minimum atomic E-state index is 0. The van der Waals surface area contributed by atoms with Crippen LogP contribution in [0.15, 0.2) is 58.1 Å². The summed E-state index contributed by atoms with van der Waals surface area (Å²) in [5.41, 5.74) is 1.41. The Morgan fingerprint density at radius 1 is 1.17 bits per heavy atom. The summed E-state index contributed by atoms with van der Waals surface area (Å²) in [7, 11) is 0. The van der Waals surface area contributed by atoms with E-state index in [1.807, 2.05) is 23.9 Å². The van der Waals surface area contributed by atoms with Crippen molar-refractivity contribution in [3.8, 4) is 0 Å². The normalized spacial score (nSPS) is 23.9. The summed E-state index contributed by atoms with van der Waals surface area (Å²) in [6, 6.07) is 14.9. The second-order valence-corrected chi connectivity index (χ2v) is 9.00. The van der Waals surface area contributed by atoms with Gasteiger partial charge in [-0.15, -0.1) is 24.0 Å². The number of ether oxygens (including phenoxy) is 1. The molecule has 1 aromatic heterocycles. The first-order chi connectivity index (χ1) is 14.3. The molecular weight excluding hydrogens is 509 g/mol. The van der Waals surface area contributed by atoms with Crippen molar-refractivity contribution in [3.05, 3.63) is 60.1 Å². The fourth-order valence-corrected chi connectivity index (χ4v) is 5.44. The van der Waals surface area contributed by atoms with Gasteiger partial charge in [-0.1, -0.05) is 30.3 Å². The first-order valence-corrected chi connectivity index (χ1v) is 11.8. The summed E-state index contributed by atoms with van der Waals surface area (Å²) >= 11 is 2.02. The van der Waals surface area contributed by atoms with Crippen molar-refractivity contribution in [1.29, 1.82) is 0 Å². The Morgan fingerprint density at radius 2 is 2.07 bits per heavy atom. The van der Waals surface area contributed by atoms with E-state index in [1.54, 1.807) is 6.26 Å². The molecule has 4 rings (SSSR count). The van der Waals surface area contributed by atoms with E-state index in [-0.39, 0.29) is 29.6 Å². The lowest BCUT2D eigenvalue weighted by Gasteiger charge is -2.38. The van der Waals surface area contributed by atoms with Crippen molar-refractivity contribution in [2.75, 3.05) is 31.2 Å². The molecule has 0 aliphatic carbocycles. The molecule has 2 aliphatic rings. The maximum absolute atomic E-state index is 6.17. The molecule has 164 valence electrons. The Labute approximate surface area is 200 Å². The molecule has 2 aliphatic heterocycles. The average Bonchev–Trinajstić information content (AvgIpc) is 3.41. The van der Waals surface area contributed by atoms with E-state index in [0.29, 0.717) is 12.6 Å². The van der Waals surface area contributed by atoms with Gasteiger partial charge in [0.1, 0.15) is 5.76 Å². The van der Waals surface area contributed by atoms with Crippen LogP contribution in [-0.2, 0) is 17.6 Å². The monoisotopic (exact) mass is 541 g/mol. The van der Waals surface area contributed by atoms with Crippen LogP contribution in [0.5, 0.6) is 0 Å². The van der Waals surface area contributed by atoms with Gasteiger partial charge >= 0.3 is 0 Å². The first-order valence-electron chi connectivity index (χ1n) is 10.6. The first kappa shape index (κ1) is 23.5. The fraction of sp³-hybridized carbons (Fsp3) is 0.522. The molecule has 7 heteroatoms. The predicted molar refractivity (Wildman–Crippen MR) is 135 cm³/mol. The van der Waals surface area contributed by atoms with Crippen LogP contribution in [-0.4, -0.2) is 48.8 Å². The van der Waals surface area contributed by atoms with Gasteiger partial charge in [0.25, 0.3) is 0 Å². The number of thioether (sulfide) groups is 1. The summed E-state index contributed by atoms with van der Waals surface area (Å²) < 4.78 is 11.6. The van der Waals surface area contributed by atoms with Crippen LogP contribution in [0.2, 0.25) is 0 Å². The molecule has 1 spiro atoms. The predicted octanol–water partition coefficient (Wildman–Crippen LogP) is 4.27. The molecule has 0 saturated carbocycles. The summed E-state index contributed by atoms with van der Waals surface area (Å²) in [5.74, 6) is 4.22. The molecule has 0 radical (unpaired) electrons. The van der Waals surface area contributed by atoms with E-state index >= 15 is 0 Å². The SMILES string of the molecule is I.c1ccc(CCNC(=NCCc2ccco2)NC2CCOC3(CCSC3)C2)cc1. The highest BCUT2D eigenvalue weighted by Gasteiger charge is 2.40. The number of nitrogens with one attached hydrogen (secondary N) is 2. The largest absolute Gasteiger partial charge is 0.469 e. The Kier molecular flexibility index (Phi) is 9.39. The average molecular weight is 541 g/mol. The third-order valence-corrected chi connectivity index (χ3v) is 6.88. The van der Waals surface area contributed by atoms with E-state index in [9.17, 15) is 0 Å². The number of aliphatic imine (C=N–C) groups is 1. The molecule has 0 bridgehead atoms. The molecule has 2 saturated heterocycles. The van der Waals surface area contributed by atoms with Gasteiger partial charge < -0.3 is 19.8 Å². The van der Waals surface area contributed by atoms with Crippen LogP contribution in [0.4, 0.5) is 0 Å². The lowest BCUT2D eigenvalue weighted by atomic mass is 9.90. The Morgan fingerprint density at radius 3 is 2.83 bits per heavy atom. The fourth-order valence-electron chi connectivity index (χ4n) is 4.06. The van der Waals surface area contributed by atoms with E-state index in [0.717, 1.165) is 56.3 Å². The molecule has 2 aromatic rings. The molecule has 2 unspecified atom stereocenters. The Hall–Kier alpha value is -1.19. The number of benzene rings is 1. The molecule has 2 atom stereocenters. The highest BCUT2D eigenvalue weighted by molar-refractivity contribution is 14.0. The number of furan rings is 1. The Balaban J connectivity index is 0.00000256. The van der Waals surface area contributed by atoms with Crippen LogP contribution in [0.1, 0.15) is 30.6 Å². The van der Waals surface area contributed by atoms with Gasteiger partial charge in [-0.25, -0.2) is 0 Å². The number of rotatable bonds is 7. The highest BCUT2D eigenvalue weighted by atomic mass is 127. The molecule has 0 amide bonds. The number of hydrogen-bond donors (Lipinski definition) is 2. The van der Waals surface area contributed by atoms with Crippen LogP contribution in [0, 0.1) is 0 Å². The zero-order valence-electron chi connectivity index (χ0n) is 17.3. The van der Waals surface area contributed by atoms with Gasteiger partial charge in [0, 0.05) is 37.9 Å². The number of guanidine groups is 1. The maximum Gasteiger partial charge on any atom is 0.191 e. The number of hydrogen-bond acceptors (Lipinski definition) is 4. The standard InChI is InChI=1S/C23H31N3O2S.HI/c1-2-5-19(6-3-1)8-12-24-22(25-13-9-21-7-4-14-27-21)26-20-10-15-28-23(17-20)11-16-29-18-23;/h1-7,14,20H,8-13,15-18H2,(H2,24,25,26);1H. The van der Waals surface area contributed by atoms with Gasteiger partial charge in [-0.3, -0.25) is 4.99 Å². The van der Waals surface area contributed by atoms with Crippen molar-refractivity contribution >= 4 is 41.7 Å². The third-order valence-electron chi connectivity index (χ3n) is 5.66. The van der Waals surface area contributed by atoms with Crippen LogP contribution >= 0.6 is 35.7 Å². The summed E-state index contributed by atoms with van der Waals surface area (Å²) in [6.45, 7) is 2.40. The van der Waals surface area contributed by atoms with Crippen molar-refractivity contribution in [3.63, 3.8) is 0 Å². The molecule has 2 fully saturated rings. The summed E-state index contributed by atoms with van der Waals surface area (Å²) in [4.78, 5) is 4.83. The van der Waals surface area contributed by atoms with E-state index < -0.39 is 0 Å². The van der Waals surface area contributed by atoms with E-state index in [1.165, 1.54) is 17.7 Å². The lowest BCUT2D eigenvalue weighted by Crippen LogP contribution is -2.51. The zero-order chi connectivity index (χ0) is 19.8. The molecule has 3 heterocycles. The van der Waals surface area contributed by atoms with Gasteiger partial charge in [-0.2, -0.15) is 11.8 Å². The van der Waals surface area contributed by atoms with Gasteiger partial charge in [0.2, 0.25) is 0 Å². The third kappa shape index (κ3) is 6.92. The number of nitrogens with zero attached hydrogens (tertiary/aromatic N) is 1. The van der Waals surface area contributed by atoms with E-state index in [2.05, 4.69) is 41.0 Å². The second-order valence-electron chi connectivity index (χ2n) is 7.89. The van der Waals surface area contributed by atoms with Crippen molar-refractivity contribution < 1.29 is 9.15 Å². The van der Waals surface area contributed by atoms with Crippen molar-refractivity contribution in [1.82, 2.24) is 10.6 Å². The maximum atomic E-state index is 6.17. The smallest absolute Gasteiger partial charge is 0.191 e. The van der Waals surface area contributed by atoms with Crippen LogP contribution in [0.3, 0.4) is 0 Å². The minimum Gasteiger partial charge on any atom is -0.469 e. The van der Waals surface area contributed by atoms with Crippen molar-refractivity contribution in [2.24, 2.45) is 4.99 Å². The quantitative estimate of drug-likeness (QED) is 0.312.